The fraction of sp³-hybridized carbons (Fsp3) is 0.562. The van der Waals surface area contributed by atoms with Crippen molar-refractivity contribution in [3.8, 4) is 0 Å². The molecule has 1 aliphatic rings. The Bertz CT molecular complexity index is 452. The first-order chi connectivity index (χ1) is 9.52. The van der Waals surface area contributed by atoms with E-state index in [4.69, 9.17) is 11.6 Å². The van der Waals surface area contributed by atoms with Gasteiger partial charge in [-0.15, -0.1) is 0 Å². The summed E-state index contributed by atoms with van der Waals surface area (Å²) in [4.78, 5) is 11.7. The summed E-state index contributed by atoms with van der Waals surface area (Å²) in [6, 6.07) is 7.90. The van der Waals surface area contributed by atoms with Crippen LogP contribution in [0.2, 0.25) is 5.02 Å². The lowest BCUT2D eigenvalue weighted by Crippen LogP contribution is -2.40. The molecule has 2 rings (SSSR count). The van der Waals surface area contributed by atoms with E-state index < -0.39 is 0 Å². The molecule has 0 unspecified atom stereocenters. The molecule has 0 saturated heterocycles. The molecule has 0 aromatic heterocycles. The van der Waals surface area contributed by atoms with E-state index in [0.29, 0.717) is 12.5 Å². The minimum atomic E-state index is -0.0640. The van der Waals surface area contributed by atoms with Gasteiger partial charge in [-0.25, -0.2) is 4.79 Å². The predicted molar refractivity (Wildman–Crippen MR) is 83.2 cm³/mol. The van der Waals surface area contributed by atoms with E-state index in [1.54, 1.807) is 0 Å². The number of benzene rings is 1. The predicted octanol–water partition coefficient (Wildman–Crippen LogP) is 3.72. The largest absolute Gasteiger partial charge is 0.338 e. The lowest BCUT2D eigenvalue weighted by Gasteiger charge is -2.17. The van der Waals surface area contributed by atoms with E-state index in [1.807, 2.05) is 12.1 Å². The Kier molecular flexibility index (Phi) is 4.92. The summed E-state index contributed by atoms with van der Waals surface area (Å²) >= 11 is 5.91. The number of halogens is 1. The zero-order valence-electron chi connectivity index (χ0n) is 12.2. The fourth-order valence-corrected chi connectivity index (χ4v) is 2.43. The molecular formula is C16H23ClN2O. The van der Waals surface area contributed by atoms with Gasteiger partial charge < -0.3 is 10.6 Å². The molecule has 4 heteroatoms. The number of urea groups is 1. The highest BCUT2D eigenvalue weighted by Gasteiger charge is 2.44. The summed E-state index contributed by atoms with van der Waals surface area (Å²) in [6.45, 7) is 5.73. The van der Waals surface area contributed by atoms with Crippen LogP contribution in [0, 0.1) is 5.92 Å². The number of rotatable bonds is 6. The molecule has 0 atom stereocenters. The van der Waals surface area contributed by atoms with Gasteiger partial charge in [-0.1, -0.05) is 37.6 Å². The Labute approximate surface area is 126 Å². The quantitative estimate of drug-likeness (QED) is 0.825. The number of hydrogen-bond donors (Lipinski definition) is 2. The van der Waals surface area contributed by atoms with Crippen LogP contribution in [-0.4, -0.2) is 19.1 Å². The van der Waals surface area contributed by atoms with Crippen molar-refractivity contribution in [2.45, 2.75) is 38.5 Å². The van der Waals surface area contributed by atoms with E-state index in [0.717, 1.165) is 30.8 Å². The van der Waals surface area contributed by atoms with Crippen LogP contribution in [0.4, 0.5) is 4.79 Å². The van der Waals surface area contributed by atoms with Gasteiger partial charge >= 0.3 is 6.03 Å². The summed E-state index contributed by atoms with van der Waals surface area (Å²) in [6.07, 6.45) is 3.26. The molecule has 20 heavy (non-hydrogen) atoms. The van der Waals surface area contributed by atoms with Crippen molar-refractivity contribution in [1.82, 2.24) is 10.6 Å². The van der Waals surface area contributed by atoms with E-state index in [1.165, 1.54) is 5.56 Å². The second kappa shape index (κ2) is 6.49. The topological polar surface area (TPSA) is 41.1 Å². The second-order valence-electron chi connectivity index (χ2n) is 6.08. The summed E-state index contributed by atoms with van der Waals surface area (Å²) < 4.78 is 0. The van der Waals surface area contributed by atoms with E-state index in [-0.39, 0.29) is 11.4 Å². The monoisotopic (exact) mass is 294 g/mol. The van der Waals surface area contributed by atoms with Crippen LogP contribution in [0.25, 0.3) is 0 Å². The van der Waals surface area contributed by atoms with Crippen LogP contribution < -0.4 is 10.6 Å². The molecule has 2 amide bonds. The highest BCUT2D eigenvalue weighted by atomic mass is 35.5. The average molecular weight is 295 g/mol. The zero-order valence-corrected chi connectivity index (χ0v) is 13.0. The molecule has 1 aromatic carbocycles. The van der Waals surface area contributed by atoms with Crippen molar-refractivity contribution in [2.75, 3.05) is 13.1 Å². The SMILES string of the molecule is CC(C)CCNC(=O)NCC1(c2ccc(Cl)cc2)CC1. The Morgan fingerprint density at radius 2 is 1.90 bits per heavy atom. The van der Waals surface area contributed by atoms with E-state index >= 15 is 0 Å². The molecule has 1 aromatic rings. The molecule has 1 aliphatic carbocycles. The Hall–Kier alpha value is -1.22. The molecule has 0 heterocycles. The minimum Gasteiger partial charge on any atom is -0.338 e. The zero-order chi connectivity index (χ0) is 14.6. The first-order valence-electron chi connectivity index (χ1n) is 7.30. The fourth-order valence-electron chi connectivity index (χ4n) is 2.31. The van der Waals surface area contributed by atoms with Crippen LogP contribution in [-0.2, 0) is 5.41 Å². The lowest BCUT2D eigenvalue weighted by molar-refractivity contribution is 0.239. The summed E-state index contributed by atoms with van der Waals surface area (Å²) in [5.41, 5.74) is 1.39. The van der Waals surface area contributed by atoms with Crippen LogP contribution in [0.5, 0.6) is 0 Å². The van der Waals surface area contributed by atoms with E-state index in [2.05, 4.69) is 36.6 Å². The second-order valence-corrected chi connectivity index (χ2v) is 6.52. The van der Waals surface area contributed by atoms with Crippen molar-refractivity contribution < 1.29 is 4.79 Å². The molecule has 3 nitrogen and oxygen atoms in total. The third kappa shape index (κ3) is 4.14. The van der Waals surface area contributed by atoms with Crippen LogP contribution >= 0.6 is 11.6 Å². The van der Waals surface area contributed by atoms with E-state index in [9.17, 15) is 4.79 Å². The van der Waals surface area contributed by atoms with Gasteiger partial charge in [0.25, 0.3) is 0 Å². The van der Waals surface area contributed by atoms with Crippen molar-refractivity contribution in [3.05, 3.63) is 34.9 Å². The normalized spacial score (nSPS) is 16.0. The standard InChI is InChI=1S/C16H23ClN2O/c1-12(2)7-10-18-15(20)19-11-16(8-9-16)13-3-5-14(17)6-4-13/h3-6,12H,7-11H2,1-2H3,(H2,18,19,20). The highest BCUT2D eigenvalue weighted by molar-refractivity contribution is 6.30. The van der Waals surface area contributed by atoms with Crippen LogP contribution in [0.15, 0.2) is 24.3 Å². The molecule has 110 valence electrons. The molecule has 1 saturated carbocycles. The van der Waals surface area contributed by atoms with Crippen LogP contribution in [0.3, 0.4) is 0 Å². The number of amides is 2. The highest BCUT2D eigenvalue weighted by Crippen LogP contribution is 2.47. The molecule has 1 fully saturated rings. The van der Waals surface area contributed by atoms with Gasteiger partial charge in [-0.2, -0.15) is 0 Å². The van der Waals surface area contributed by atoms with Gasteiger partial charge in [0, 0.05) is 23.5 Å². The van der Waals surface area contributed by atoms with Gasteiger partial charge in [-0.05, 0) is 42.9 Å². The lowest BCUT2D eigenvalue weighted by atomic mass is 9.96. The Morgan fingerprint density at radius 1 is 1.25 bits per heavy atom. The number of carbonyl (C=O) groups excluding carboxylic acids is 1. The first kappa shape index (κ1) is 15.2. The molecule has 2 N–H and O–H groups in total. The summed E-state index contributed by atoms with van der Waals surface area (Å²) in [7, 11) is 0. The Balaban J connectivity index is 1.78. The first-order valence-corrected chi connectivity index (χ1v) is 7.67. The van der Waals surface area contributed by atoms with Crippen molar-refractivity contribution in [1.29, 1.82) is 0 Å². The summed E-state index contributed by atoms with van der Waals surface area (Å²) in [5, 5.41) is 6.65. The van der Waals surface area contributed by atoms with Gasteiger partial charge in [0.2, 0.25) is 0 Å². The number of carbonyl (C=O) groups is 1. The van der Waals surface area contributed by atoms with Gasteiger partial charge in [0.15, 0.2) is 0 Å². The molecule has 0 spiro atoms. The smallest absolute Gasteiger partial charge is 0.314 e. The third-order valence-corrected chi connectivity index (χ3v) is 4.16. The van der Waals surface area contributed by atoms with Crippen LogP contribution in [0.1, 0.15) is 38.7 Å². The molecular weight excluding hydrogens is 272 g/mol. The maximum Gasteiger partial charge on any atom is 0.314 e. The van der Waals surface area contributed by atoms with Gasteiger partial charge in [-0.3, -0.25) is 0 Å². The molecule has 0 bridgehead atoms. The molecule has 0 radical (unpaired) electrons. The van der Waals surface area contributed by atoms with Gasteiger partial charge in [0.05, 0.1) is 0 Å². The summed E-state index contributed by atoms with van der Waals surface area (Å²) in [5.74, 6) is 0.610. The minimum absolute atomic E-state index is 0.0640. The number of hydrogen-bond acceptors (Lipinski definition) is 1. The Morgan fingerprint density at radius 3 is 2.45 bits per heavy atom. The van der Waals surface area contributed by atoms with Crippen molar-refractivity contribution in [3.63, 3.8) is 0 Å². The average Bonchev–Trinajstić information content (AvgIpc) is 3.18. The third-order valence-electron chi connectivity index (χ3n) is 3.90. The van der Waals surface area contributed by atoms with Crippen molar-refractivity contribution >= 4 is 17.6 Å². The maximum atomic E-state index is 11.7. The maximum absolute atomic E-state index is 11.7. The van der Waals surface area contributed by atoms with Gasteiger partial charge in [0.1, 0.15) is 0 Å². The van der Waals surface area contributed by atoms with Crippen molar-refractivity contribution in [2.24, 2.45) is 5.92 Å². The molecule has 0 aliphatic heterocycles. The number of nitrogens with one attached hydrogen (secondary N) is 2.